The van der Waals surface area contributed by atoms with Crippen molar-refractivity contribution in [3.05, 3.63) is 71.9 Å². The quantitative estimate of drug-likeness (QED) is 0.184. The second-order valence-electron chi connectivity index (χ2n) is 7.38. The summed E-state index contributed by atoms with van der Waals surface area (Å²) in [5.41, 5.74) is 0.600. The molecule has 4 rings (SSSR count). The van der Waals surface area contributed by atoms with Gasteiger partial charge in [0.15, 0.2) is 5.75 Å². The van der Waals surface area contributed by atoms with Gasteiger partial charge in [-0.05, 0) is 25.1 Å². The van der Waals surface area contributed by atoms with Crippen LogP contribution in [0, 0.1) is 6.92 Å². The Labute approximate surface area is 199 Å². The number of carbonyl (C=O) groups is 2. The normalized spacial score (nSPS) is 12.0. The number of esters is 2. The Morgan fingerprint density at radius 3 is 2.37 bits per heavy atom. The molecule has 0 unspecified atom stereocenters. The lowest BCUT2D eigenvalue weighted by atomic mass is 10.1. The molecule has 2 heterocycles. The Morgan fingerprint density at radius 1 is 1.03 bits per heavy atom. The summed E-state index contributed by atoms with van der Waals surface area (Å²) in [6, 6.07) is 13.9. The minimum absolute atomic E-state index is 0.0445. The van der Waals surface area contributed by atoms with Crippen molar-refractivity contribution in [2.24, 2.45) is 0 Å². The number of pyridine rings is 1. The molecular formula is C24H20NO9S+. The molecule has 0 bridgehead atoms. The van der Waals surface area contributed by atoms with Gasteiger partial charge in [-0.15, -0.1) is 4.40 Å². The third-order valence-corrected chi connectivity index (χ3v) is 6.39. The highest BCUT2D eigenvalue weighted by Gasteiger charge is 2.35. The average molecular weight is 498 g/mol. The van der Waals surface area contributed by atoms with Crippen LogP contribution in [0.4, 0.5) is 0 Å². The molecule has 0 fully saturated rings. The first kappa shape index (κ1) is 23.8. The molecule has 35 heavy (non-hydrogen) atoms. The fourth-order valence-electron chi connectivity index (χ4n) is 3.49. The number of ether oxygens (including phenoxy) is 2. The number of oxazole rings is 1. The van der Waals surface area contributed by atoms with Gasteiger partial charge in [0.05, 0.1) is 25.7 Å². The molecule has 2 aromatic heterocycles. The molecule has 0 aliphatic rings. The smallest absolute Gasteiger partial charge is 0.386 e. The van der Waals surface area contributed by atoms with Crippen molar-refractivity contribution in [1.82, 2.24) is 0 Å². The number of para-hydroxylation sites is 1. The number of aromatic nitrogens is 1. The predicted molar refractivity (Wildman–Crippen MR) is 122 cm³/mol. The van der Waals surface area contributed by atoms with Gasteiger partial charge in [0.2, 0.25) is 5.52 Å². The van der Waals surface area contributed by atoms with Crippen LogP contribution in [0.5, 0.6) is 11.7 Å². The first-order chi connectivity index (χ1) is 16.7. The average Bonchev–Trinajstić information content (AvgIpc) is 3.17. The van der Waals surface area contributed by atoms with E-state index in [9.17, 15) is 23.1 Å². The third-order valence-electron chi connectivity index (χ3n) is 5.15. The Hall–Kier alpha value is -4.38. The number of carbonyl (C=O) groups excluding carboxylic acids is 2. The summed E-state index contributed by atoms with van der Waals surface area (Å²) in [4.78, 5) is 24.3. The zero-order chi connectivity index (χ0) is 25.3. The van der Waals surface area contributed by atoms with E-state index in [0.717, 1.165) is 25.9 Å². The number of aromatic hydroxyl groups is 1. The van der Waals surface area contributed by atoms with Crippen molar-refractivity contribution in [2.75, 3.05) is 14.2 Å². The second-order valence-corrected chi connectivity index (χ2v) is 8.92. The molecule has 0 spiro atoms. The second kappa shape index (κ2) is 9.11. The van der Waals surface area contributed by atoms with Crippen LogP contribution in [-0.2, 0) is 29.2 Å². The third kappa shape index (κ3) is 4.41. The van der Waals surface area contributed by atoms with Gasteiger partial charge >= 0.3 is 39.4 Å². The van der Waals surface area contributed by atoms with E-state index in [1.165, 1.54) is 22.6 Å². The number of benzene rings is 2. The molecule has 4 aromatic rings. The molecule has 10 nitrogen and oxygen atoms in total. The topological polar surface area (TPSA) is 133 Å². The molecular weight excluding hydrogens is 478 g/mol. The highest BCUT2D eigenvalue weighted by molar-refractivity contribution is 7.87. The first-order valence-corrected chi connectivity index (χ1v) is 11.6. The van der Waals surface area contributed by atoms with E-state index >= 15 is 0 Å². The number of fused-ring (bicyclic) bond motifs is 3. The molecule has 0 saturated heterocycles. The predicted octanol–water partition coefficient (Wildman–Crippen LogP) is 2.68. The van der Waals surface area contributed by atoms with E-state index in [-0.39, 0.29) is 27.6 Å². The summed E-state index contributed by atoms with van der Waals surface area (Å²) < 4.78 is 47.4. The van der Waals surface area contributed by atoms with Crippen molar-refractivity contribution in [3.63, 3.8) is 0 Å². The van der Waals surface area contributed by atoms with Crippen LogP contribution in [0.25, 0.3) is 22.2 Å². The Balaban J connectivity index is 1.96. The van der Waals surface area contributed by atoms with Gasteiger partial charge in [0.1, 0.15) is 10.5 Å². The van der Waals surface area contributed by atoms with Crippen molar-refractivity contribution in [2.45, 2.75) is 11.8 Å². The maximum atomic E-state index is 12.9. The van der Waals surface area contributed by atoms with E-state index in [4.69, 9.17) is 13.3 Å². The van der Waals surface area contributed by atoms with Gasteiger partial charge in [-0.1, -0.05) is 29.8 Å². The molecule has 2 aromatic carbocycles. The van der Waals surface area contributed by atoms with Crippen molar-refractivity contribution < 1.29 is 45.6 Å². The lowest BCUT2D eigenvalue weighted by Gasteiger charge is -2.08. The lowest BCUT2D eigenvalue weighted by Crippen LogP contribution is -2.28. The molecule has 0 aliphatic carbocycles. The highest BCUT2D eigenvalue weighted by Crippen LogP contribution is 2.33. The summed E-state index contributed by atoms with van der Waals surface area (Å²) in [6.45, 7) is 1.83. The van der Waals surface area contributed by atoms with E-state index in [0.29, 0.717) is 10.9 Å². The van der Waals surface area contributed by atoms with E-state index in [1.807, 2.05) is 6.92 Å². The molecule has 0 atom stereocenters. The summed E-state index contributed by atoms with van der Waals surface area (Å²) in [6.07, 6.45) is 0.851. The molecule has 0 amide bonds. The van der Waals surface area contributed by atoms with Gasteiger partial charge in [0.25, 0.3) is 0 Å². The number of rotatable bonds is 6. The fraction of sp³-hybridized carbons (Fsp3) is 0.125. The summed E-state index contributed by atoms with van der Waals surface area (Å²) in [5, 5.41) is 10.9. The van der Waals surface area contributed by atoms with Crippen molar-refractivity contribution >= 4 is 44.2 Å². The van der Waals surface area contributed by atoms with Gasteiger partial charge in [-0.3, -0.25) is 0 Å². The fourth-order valence-corrected chi connectivity index (χ4v) is 4.43. The Morgan fingerprint density at radius 2 is 1.71 bits per heavy atom. The van der Waals surface area contributed by atoms with Crippen LogP contribution < -0.4 is 8.58 Å². The van der Waals surface area contributed by atoms with Crippen LogP contribution in [0.2, 0.25) is 0 Å². The molecule has 1 N–H and O–H groups in total. The van der Waals surface area contributed by atoms with Crippen molar-refractivity contribution in [3.8, 4) is 11.7 Å². The molecule has 11 heteroatoms. The van der Waals surface area contributed by atoms with Crippen LogP contribution in [0.1, 0.15) is 11.3 Å². The van der Waals surface area contributed by atoms with Crippen LogP contribution in [-0.4, -0.2) is 39.7 Å². The molecule has 0 radical (unpaired) electrons. The largest absolute Gasteiger partial charge is 0.476 e. The summed E-state index contributed by atoms with van der Waals surface area (Å²) in [7, 11) is -1.97. The van der Waals surface area contributed by atoms with Gasteiger partial charge in [0, 0.05) is 12.1 Å². The minimum Gasteiger partial charge on any atom is -0.476 e. The van der Waals surface area contributed by atoms with Crippen LogP contribution >= 0.6 is 0 Å². The van der Waals surface area contributed by atoms with Crippen LogP contribution in [0.15, 0.2) is 70.0 Å². The maximum Gasteiger partial charge on any atom is 0.386 e. The lowest BCUT2D eigenvalue weighted by molar-refractivity contribution is -0.486. The zero-order valence-corrected chi connectivity index (χ0v) is 19.7. The Bertz CT molecular complexity index is 1600. The van der Waals surface area contributed by atoms with Gasteiger partial charge in [-0.2, -0.15) is 8.42 Å². The van der Waals surface area contributed by atoms with E-state index in [2.05, 4.69) is 4.74 Å². The van der Waals surface area contributed by atoms with E-state index < -0.39 is 28.0 Å². The number of hydrogen-bond donors (Lipinski definition) is 1. The first-order valence-electron chi connectivity index (χ1n) is 10.1. The minimum atomic E-state index is -4.21. The van der Waals surface area contributed by atoms with Gasteiger partial charge in [-0.25, -0.2) is 9.59 Å². The van der Waals surface area contributed by atoms with Gasteiger partial charge < -0.3 is 23.2 Å². The summed E-state index contributed by atoms with van der Waals surface area (Å²) in [5.74, 6) is -2.59. The Kier molecular flexibility index (Phi) is 6.18. The number of methoxy groups -OCH3 is 2. The SMILES string of the molecule is COC(=O)C=C(C(=O)OC)c1c(O)oc2cc(OS(=O)(=O)c3ccc(C)cc3)c3ccccc3[n+]12. The number of hydrogen-bond acceptors (Lipinski definition) is 9. The zero-order valence-electron chi connectivity index (χ0n) is 18.8. The monoisotopic (exact) mass is 498 g/mol. The van der Waals surface area contributed by atoms with E-state index in [1.54, 1.807) is 36.4 Å². The molecule has 0 saturated carbocycles. The maximum absolute atomic E-state index is 12.9. The number of aryl methyl sites for hydroxylation is 1. The number of nitrogens with zero attached hydrogens (tertiary/aromatic N) is 1. The standard InChI is InChI=1S/C24H19NO9S/c1-14-8-10-15(11-9-14)35(29,30)34-19-13-20-25(18-7-5-4-6-16(18)19)22(24(28)33-20)17(23(27)32-3)12-21(26)31-2/h4-13H,1-3H3/p+1. The van der Waals surface area contributed by atoms with Crippen LogP contribution in [0.3, 0.4) is 0 Å². The highest BCUT2D eigenvalue weighted by atomic mass is 32.2. The summed E-state index contributed by atoms with van der Waals surface area (Å²) >= 11 is 0. The molecule has 180 valence electrons. The van der Waals surface area contributed by atoms with Crippen molar-refractivity contribution in [1.29, 1.82) is 0 Å². The molecule has 0 aliphatic heterocycles.